The number of aliphatic hydroxyl groups is 2. The van der Waals surface area contributed by atoms with Gasteiger partial charge in [-0.2, -0.15) is 0 Å². The van der Waals surface area contributed by atoms with Crippen LogP contribution >= 0.6 is 0 Å². The van der Waals surface area contributed by atoms with Crippen LogP contribution in [0.5, 0.6) is 0 Å². The van der Waals surface area contributed by atoms with Crippen molar-refractivity contribution in [1.82, 2.24) is 0 Å². The van der Waals surface area contributed by atoms with Crippen LogP contribution in [0.1, 0.15) is 12.8 Å². The lowest BCUT2D eigenvalue weighted by Crippen LogP contribution is -2.23. The summed E-state index contributed by atoms with van der Waals surface area (Å²) in [6.45, 7) is 0. The Kier molecular flexibility index (Phi) is 4.21. The second-order valence-corrected chi connectivity index (χ2v) is 1.86. The van der Waals surface area contributed by atoms with E-state index in [9.17, 15) is 4.79 Å². The molecule has 0 aromatic heterocycles. The topological polar surface area (TPSA) is 83.6 Å². The van der Waals surface area contributed by atoms with E-state index < -0.39 is 12.3 Å². The first kappa shape index (κ1) is 8.55. The lowest BCUT2D eigenvalue weighted by molar-refractivity contribution is -0.109. The van der Waals surface area contributed by atoms with E-state index in [0.29, 0.717) is 12.7 Å². The fourth-order valence-corrected chi connectivity index (χ4v) is 0.410. The summed E-state index contributed by atoms with van der Waals surface area (Å²) in [7, 11) is 0. The van der Waals surface area contributed by atoms with Crippen molar-refractivity contribution in [1.29, 1.82) is 0 Å². The summed E-state index contributed by atoms with van der Waals surface area (Å²) in [5.41, 5.74) is 5.13. The average Bonchev–Trinajstić information content (AvgIpc) is 1.83. The van der Waals surface area contributed by atoms with Crippen LogP contribution in [0.2, 0.25) is 0 Å². The van der Waals surface area contributed by atoms with Crippen molar-refractivity contribution in [2.24, 2.45) is 5.73 Å². The summed E-state index contributed by atoms with van der Waals surface area (Å²) >= 11 is 0. The van der Waals surface area contributed by atoms with Gasteiger partial charge in [0, 0.05) is 0 Å². The Morgan fingerprint density at radius 2 is 2.00 bits per heavy atom. The highest BCUT2D eigenvalue weighted by atomic mass is 16.5. The summed E-state index contributed by atoms with van der Waals surface area (Å²) in [5.74, 6) is 0. The molecule has 4 heteroatoms. The number of aliphatic hydroxyl groups excluding tert-OH is 1. The predicted octanol–water partition coefficient (Wildman–Crippen LogP) is -1.40. The maximum absolute atomic E-state index is 9.83. The fraction of sp³-hybridized carbons (Fsp3) is 0.800. The number of carbonyl (C=O) groups excluding carboxylic acids is 1. The third-order valence-corrected chi connectivity index (χ3v) is 0.933. The number of carbonyl (C=O) groups is 1. The van der Waals surface area contributed by atoms with Crippen molar-refractivity contribution < 1.29 is 15.0 Å². The first-order valence-corrected chi connectivity index (χ1v) is 2.74. The van der Waals surface area contributed by atoms with Crippen LogP contribution in [0.3, 0.4) is 0 Å². The van der Waals surface area contributed by atoms with Crippen LogP contribution in [0.4, 0.5) is 0 Å². The number of rotatable bonds is 4. The standard InChI is InChI=1S/C5H11NO3/c6-4(3-7)1-2-5(8)9/h3-5,8-9H,1-2,6H2/t4-/m0/s1. The molecule has 9 heavy (non-hydrogen) atoms. The molecule has 0 saturated heterocycles. The van der Waals surface area contributed by atoms with Crippen LogP contribution in [0, 0.1) is 0 Å². The van der Waals surface area contributed by atoms with Crippen molar-refractivity contribution in [3.05, 3.63) is 0 Å². The SMILES string of the molecule is N[C@H](C=O)CCC(O)O. The van der Waals surface area contributed by atoms with E-state index in [4.69, 9.17) is 15.9 Å². The maximum Gasteiger partial charge on any atom is 0.151 e. The van der Waals surface area contributed by atoms with E-state index in [1.165, 1.54) is 0 Å². The zero-order valence-electron chi connectivity index (χ0n) is 5.03. The number of hydrogen-bond donors (Lipinski definition) is 3. The molecule has 4 N–H and O–H groups in total. The van der Waals surface area contributed by atoms with Crippen LogP contribution in [0.15, 0.2) is 0 Å². The molecule has 0 aromatic carbocycles. The second-order valence-electron chi connectivity index (χ2n) is 1.86. The molecule has 0 fully saturated rings. The minimum absolute atomic E-state index is 0.153. The van der Waals surface area contributed by atoms with Crippen LogP contribution in [0.25, 0.3) is 0 Å². The lowest BCUT2D eigenvalue weighted by Gasteiger charge is -2.03. The predicted molar refractivity (Wildman–Crippen MR) is 31.5 cm³/mol. The normalized spacial score (nSPS) is 13.8. The molecule has 0 aliphatic rings. The Labute approximate surface area is 53.3 Å². The van der Waals surface area contributed by atoms with Gasteiger partial charge >= 0.3 is 0 Å². The van der Waals surface area contributed by atoms with E-state index in [1.54, 1.807) is 0 Å². The maximum atomic E-state index is 9.83. The molecule has 4 nitrogen and oxygen atoms in total. The molecule has 0 spiro atoms. The third-order valence-electron chi connectivity index (χ3n) is 0.933. The zero-order chi connectivity index (χ0) is 7.28. The highest BCUT2D eigenvalue weighted by molar-refractivity contribution is 5.56. The molecule has 0 radical (unpaired) electrons. The van der Waals surface area contributed by atoms with Gasteiger partial charge in [0.1, 0.15) is 6.29 Å². The first-order valence-electron chi connectivity index (χ1n) is 2.74. The quantitative estimate of drug-likeness (QED) is 0.325. The summed E-state index contributed by atoms with van der Waals surface area (Å²) in [5, 5.41) is 16.6. The van der Waals surface area contributed by atoms with Crippen molar-refractivity contribution in [3.8, 4) is 0 Å². The van der Waals surface area contributed by atoms with Gasteiger partial charge in [-0.05, 0) is 12.8 Å². The van der Waals surface area contributed by atoms with E-state index in [2.05, 4.69) is 0 Å². The average molecular weight is 133 g/mol. The summed E-state index contributed by atoms with van der Waals surface area (Å²) < 4.78 is 0. The van der Waals surface area contributed by atoms with Gasteiger partial charge in [0.15, 0.2) is 6.29 Å². The molecule has 0 heterocycles. The minimum atomic E-state index is -1.35. The van der Waals surface area contributed by atoms with E-state index in [-0.39, 0.29) is 6.42 Å². The molecule has 0 aliphatic carbocycles. The smallest absolute Gasteiger partial charge is 0.151 e. The Morgan fingerprint density at radius 1 is 1.44 bits per heavy atom. The summed E-state index contributed by atoms with van der Waals surface area (Å²) in [6, 6.07) is -0.563. The number of aldehydes is 1. The molecule has 0 aromatic rings. The third kappa shape index (κ3) is 5.42. The van der Waals surface area contributed by atoms with Gasteiger partial charge in [-0.25, -0.2) is 0 Å². The summed E-state index contributed by atoms with van der Waals surface area (Å²) in [4.78, 5) is 9.83. The first-order chi connectivity index (χ1) is 4.16. The van der Waals surface area contributed by atoms with E-state index >= 15 is 0 Å². The molecule has 0 bridgehead atoms. The fourth-order valence-electron chi connectivity index (χ4n) is 0.410. The molecule has 0 unspecified atom stereocenters. The van der Waals surface area contributed by atoms with Gasteiger partial charge in [-0.15, -0.1) is 0 Å². The molecule has 0 rings (SSSR count). The van der Waals surface area contributed by atoms with Gasteiger partial charge in [-0.3, -0.25) is 0 Å². The molecular weight excluding hydrogens is 122 g/mol. The van der Waals surface area contributed by atoms with Gasteiger partial charge in [0.25, 0.3) is 0 Å². The second kappa shape index (κ2) is 4.43. The molecule has 54 valence electrons. The van der Waals surface area contributed by atoms with Crippen molar-refractivity contribution in [3.63, 3.8) is 0 Å². The minimum Gasteiger partial charge on any atom is -0.368 e. The molecule has 0 amide bonds. The Morgan fingerprint density at radius 3 is 2.33 bits per heavy atom. The van der Waals surface area contributed by atoms with Crippen LogP contribution in [-0.2, 0) is 4.79 Å². The Hall–Kier alpha value is -0.450. The number of hydrogen-bond acceptors (Lipinski definition) is 4. The summed E-state index contributed by atoms with van der Waals surface area (Å²) in [6.07, 6.45) is -0.292. The lowest BCUT2D eigenvalue weighted by atomic mass is 10.2. The van der Waals surface area contributed by atoms with E-state index in [0.717, 1.165) is 0 Å². The molecule has 0 aliphatic heterocycles. The Balaban J connectivity index is 3.16. The van der Waals surface area contributed by atoms with Gasteiger partial charge in [0.2, 0.25) is 0 Å². The van der Waals surface area contributed by atoms with Crippen LogP contribution < -0.4 is 5.73 Å². The molecular formula is C5H11NO3. The Bertz CT molecular complexity index is 84.3. The van der Waals surface area contributed by atoms with Crippen molar-refractivity contribution in [2.75, 3.05) is 0 Å². The van der Waals surface area contributed by atoms with E-state index in [1.807, 2.05) is 0 Å². The highest BCUT2D eigenvalue weighted by Gasteiger charge is 2.02. The van der Waals surface area contributed by atoms with Gasteiger partial charge in [-0.1, -0.05) is 0 Å². The van der Waals surface area contributed by atoms with Gasteiger partial charge < -0.3 is 20.7 Å². The van der Waals surface area contributed by atoms with Crippen LogP contribution in [-0.4, -0.2) is 28.8 Å². The largest absolute Gasteiger partial charge is 0.368 e. The highest BCUT2D eigenvalue weighted by Crippen LogP contribution is 1.94. The van der Waals surface area contributed by atoms with Gasteiger partial charge in [0.05, 0.1) is 6.04 Å². The van der Waals surface area contributed by atoms with Crippen molar-refractivity contribution in [2.45, 2.75) is 25.2 Å². The number of nitrogens with two attached hydrogens (primary N) is 1. The molecule has 0 saturated carbocycles. The zero-order valence-corrected chi connectivity index (χ0v) is 5.03. The monoisotopic (exact) mass is 133 g/mol. The van der Waals surface area contributed by atoms with Crippen molar-refractivity contribution >= 4 is 6.29 Å². The molecule has 1 atom stereocenters.